The summed E-state index contributed by atoms with van der Waals surface area (Å²) in [7, 11) is 0. The Morgan fingerprint density at radius 3 is 1.41 bits per heavy atom. The van der Waals surface area contributed by atoms with Crippen LogP contribution in [0.1, 0.15) is 0 Å². The van der Waals surface area contributed by atoms with Gasteiger partial charge in [-0.2, -0.15) is 0 Å². The minimum Gasteiger partial charge on any atom is -0.455 e. The third-order valence-corrected chi connectivity index (χ3v) is 14.6. The van der Waals surface area contributed by atoms with Gasteiger partial charge in [0.25, 0.3) is 0 Å². The maximum Gasteiger partial charge on any atom is 0.143 e. The van der Waals surface area contributed by atoms with Crippen LogP contribution in [-0.2, 0) is 0 Å². The number of aromatic nitrogens is 1. The van der Waals surface area contributed by atoms with Gasteiger partial charge < -0.3 is 13.9 Å². The average molecular weight is 931 g/mol. The lowest BCUT2D eigenvalue weighted by atomic mass is 9.97. The summed E-state index contributed by atoms with van der Waals surface area (Å²) in [6.07, 6.45) is 0. The van der Waals surface area contributed by atoms with Crippen LogP contribution < -0.4 is 4.90 Å². The van der Waals surface area contributed by atoms with Crippen LogP contribution in [0.3, 0.4) is 0 Å². The molecule has 0 saturated carbocycles. The number of hydrogen-bond acceptors (Lipinski definition) is 2. The summed E-state index contributed by atoms with van der Waals surface area (Å²) in [6, 6.07) is 101. The second-order valence-corrected chi connectivity index (χ2v) is 18.8. The van der Waals surface area contributed by atoms with E-state index >= 15 is 0 Å². The Balaban J connectivity index is 0.805. The fourth-order valence-electron chi connectivity index (χ4n) is 11.1. The van der Waals surface area contributed by atoms with Gasteiger partial charge in [-0.05, 0) is 122 Å². The molecule has 0 N–H and O–H groups in total. The molecule has 12 aromatic carbocycles. The van der Waals surface area contributed by atoms with E-state index in [2.05, 4.69) is 276 Å². The van der Waals surface area contributed by atoms with Crippen LogP contribution >= 0.6 is 0 Å². The molecule has 0 saturated heterocycles. The van der Waals surface area contributed by atoms with Crippen molar-refractivity contribution < 1.29 is 4.42 Å². The first-order valence-corrected chi connectivity index (χ1v) is 25.0. The summed E-state index contributed by atoms with van der Waals surface area (Å²) in [6.45, 7) is 0. The quantitative estimate of drug-likeness (QED) is 0.144. The third-order valence-electron chi connectivity index (χ3n) is 14.6. The molecule has 14 rings (SSSR count). The SMILES string of the molecule is c1cc(-c2ccc(N(c3ccc(-c4ccc(-c5cccc6c5oc5ccccc56)cc4)cc3)c3ccc(-c4cccc5ccccc45)cc3)cc2)cc(-c2ccccc2-n2c3ccccc3c3ccccc32)c1. The van der Waals surface area contributed by atoms with Gasteiger partial charge in [0, 0.05) is 49.7 Å². The maximum absolute atomic E-state index is 6.39. The average Bonchev–Trinajstić information content (AvgIpc) is 4.02. The van der Waals surface area contributed by atoms with Crippen LogP contribution in [0.2, 0.25) is 0 Å². The smallest absolute Gasteiger partial charge is 0.143 e. The standard InChI is InChI=1S/C70H46N2O/c1-2-18-58-50(14-1)15-12-23-59(58)51-38-44-57(45-39-51)71(55-40-34-48(35-41-55)47-30-32-52(33-31-47)61-24-13-25-65-64-22-6-10-29-69(64)73-70(61)65)56-42-36-49(37-43-56)53-16-11-17-54(46-53)60-19-3-7-26-66(60)72-67-27-8-4-20-62(67)63-21-5-9-28-68(63)72/h1-46H. The summed E-state index contributed by atoms with van der Waals surface area (Å²) in [5, 5.41) is 7.28. The minimum atomic E-state index is 0.909. The highest BCUT2D eigenvalue weighted by Crippen LogP contribution is 2.42. The summed E-state index contributed by atoms with van der Waals surface area (Å²) >= 11 is 0. The molecule has 73 heavy (non-hydrogen) atoms. The molecule has 2 aromatic heterocycles. The van der Waals surface area contributed by atoms with Gasteiger partial charge in [-0.1, -0.05) is 212 Å². The van der Waals surface area contributed by atoms with E-state index in [1.165, 1.54) is 54.8 Å². The molecule has 0 atom stereocenters. The van der Waals surface area contributed by atoms with Gasteiger partial charge in [-0.3, -0.25) is 0 Å². The van der Waals surface area contributed by atoms with Crippen molar-refractivity contribution in [2.75, 3.05) is 4.90 Å². The highest BCUT2D eigenvalue weighted by atomic mass is 16.3. The minimum absolute atomic E-state index is 0.909. The molecule has 0 unspecified atom stereocenters. The number of para-hydroxylation sites is 5. The Morgan fingerprint density at radius 1 is 0.274 bits per heavy atom. The van der Waals surface area contributed by atoms with Gasteiger partial charge in [0.15, 0.2) is 0 Å². The number of anilines is 3. The molecule has 342 valence electrons. The topological polar surface area (TPSA) is 21.3 Å². The van der Waals surface area contributed by atoms with Crippen LogP contribution in [0.5, 0.6) is 0 Å². The van der Waals surface area contributed by atoms with Crippen molar-refractivity contribution in [1.29, 1.82) is 0 Å². The lowest BCUT2D eigenvalue weighted by molar-refractivity contribution is 0.670. The van der Waals surface area contributed by atoms with Crippen LogP contribution in [-0.4, -0.2) is 4.57 Å². The van der Waals surface area contributed by atoms with Crippen LogP contribution in [0, 0.1) is 0 Å². The van der Waals surface area contributed by atoms with Gasteiger partial charge >= 0.3 is 0 Å². The van der Waals surface area contributed by atoms with Gasteiger partial charge in [-0.15, -0.1) is 0 Å². The Bertz CT molecular complexity index is 4290. The number of nitrogens with zero attached hydrogens (tertiary/aromatic N) is 2. The molecule has 0 radical (unpaired) electrons. The molecule has 0 aliphatic rings. The van der Waals surface area contributed by atoms with E-state index in [0.717, 1.165) is 78.1 Å². The summed E-state index contributed by atoms with van der Waals surface area (Å²) in [5.74, 6) is 0. The number of benzene rings is 12. The van der Waals surface area contributed by atoms with E-state index in [4.69, 9.17) is 4.42 Å². The van der Waals surface area contributed by atoms with Crippen molar-refractivity contribution in [2.24, 2.45) is 0 Å². The maximum atomic E-state index is 6.39. The number of fused-ring (bicyclic) bond motifs is 7. The van der Waals surface area contributed by atoms with Gasteiger partial charge in [0.2, 0.25) is 0 Å². The van der Waals surface area contributed by atoms with Crippen LogP contribution in [0.25, 0.3) is 116 Å². The van der Waals surface area contributed by atoms with Crippen LogP contribution in [0.4, 0.5) is 17.1 Å². The zero-order chi connectivity index (χ0) is 48.2. The molecular weight excluding hydrogens is 885 g/mol. The first-order chi connectivity index (χ1) is 36.2. The van der Waals surface area contributed by atoms with Crippen molar-refractivity contribution >= 4 is 71.6 Å². The van der Waals surface area contributed by atoms with Crippen molar-refractivity contribution in [1.82, 2.24) is 4.57 Å². The lowest BCUT2D eigenvalue weighted by Crippen LogP contribution is -2.09. The number of rotatable bonds is 9. The van der Waals surface area contributed by atoms with E-state index in [9.17, 15) is 0 Å². The summed E-state index contributed by atoms with van der Waals surface area (Å²) in [4.78, 5) is 2.36. The number of hydrogen-bond donors (Lipinski definition) is 0. The lowest BCUT2D eigenvalue weighted by Gasteiger charge is -2.26. The van der Waals surface area contributed by atoms with Crippen molar-refractivity contribution in [3.05, 3.63) is 279 Å². The fourth-order valence-corrected chi connectivity index (χ4v) is 11.1. The Hall–Kier alpha value is -9.70. The molecule has 0 aliphatic heterocycles. The van der Waals surface area contributed by atoms with Gasteiger partial charge in [0.05, 0.1) is 16.7 Å². The highest BCUT2D eigenvalue weighted by Gasteiger charge is 2.18. The van der Waals surface area contributed by atoms with Crippen LogP contribution in [0.15, 0.2) is 283 Å². The van der Waals surface area contributed by atoms with Crippen molar-refractivity contribution in [3.63, 3.8) is 0 Å². The van der Waals surface area contributed by atoms with E-state index in [1.54, 1.807) is 0 Å². The first-order valence-electron chi connectivity index (χ1n) is 25.0. The van der Waals surface area contributed by atoms with Gasteiger partial charge in [0.1, 0.15) is 11.2 Å². The molecule has 0 bridgehead atoms. The zero-order valence-corrected chi connectivity index (χ0v) is 39.9. The molecule has 0 aliphatic carbocycles. The van der Waals surface area contributed by atoms with Crippen molar-refractivity contribution in [3.8, 4) is 61.3 Å². The van der Waals surface area contributed by atoms with Gasteiger partial charge in [-0.25, -0.2) is 0 Å². The monoisotopic (exact) mass is 930 g/mol. The predicted octanol–water partition coefficient (Wildman–Crippen LogP) is 19.6. The molecule has 2 heterocycles. The molecule has 0 fully saturated rings. The number of furan rings is 1. The first kappa shape index (κ1) is 42.2. The molecule has 3 heteroatoms. The summed E-state index contributed by atoms with van der Waals surface area (Å²) < 4.78 is 8.80. The molecule has 3 nitrogen and oxygen atoms in total. The second-order valence-electron chi connectivity index (χ2n) is 18.8. The largest absolute Gasteiger partial charge is 0.455 e. The van der Waals surface area contributed by atoms with E-state index in [1.807, 2.05) is 12.1 Å². The third kappa shape index (κ3) is 7.37. The normalized spacial score (nSPS) is 11.6. The summed E-state index contributed by atoms with van der Waals surface area (Å²) in [5.41, 5.74) is 20.2. The van der Waals surface area contributed by atoms with Crippen molar-refractivity contribution in [2.45, 2.75) is 0 Å². The molecule has 0 amide bonds. The Morgan fingerprint density at radius 2 is 0.712 bits per heavy atom. The van der Waals surface area contributed by atoms with E-state index < -0.39 is 0 Å². The highest BCUT2D eigenvalue weighted by molar-refractivity contribution is 6.11. The van der Waals surface area contributed by atoms with E-state index in [0.29, 0.717) is 0 Å². The fraction of sp³-hybridized carbons (Fsp3) is 0. The predicted molar refractivity (Wildman–Crippen MR) is 307 cm³/mol. The Labute approximate surface area is 423 Å². The zero-order valence-electron chi connectivity index (χ0n) is 39.9. The molecular formula is C70H46N2O. The molecule has 14 aromatic rings. The second kappa shape index (κ2) is 17.6. The van der Waals surface area contributed by atoms with E-state index in [-0.39, 0.29) is 0 Å². The molecule has 0 spiro atoms. The Kier molecular flexibility index (Phi) is 10.2.